The fourth-order valence-electron chi connectivity index (χ4n) is 2.70. The Morgan fingerprint density at radius 3 is 2.54 bits per heavy atom. The number of carbonyl (C=O) groups is 1. The van der Waals surface area contributed by atoms with Gasteiger partial charge >= 0.3 is 5.97 Å². The summed E-state index contributed by atoms with van der Waals surface area (Å²) in [5.41, 5.74) is 0.0654. The number of hydrogen-bond donors (Lipinski definition) is 3. The lowest BCUT2D eigenvalue weighted by molar-refractivity contribution is -0.142. The van der Waals surface area contributed by atoms with Crippen LogP contribution in [0.4, 0.5) is 0 Å². The highest BCUT2D eigenvalue weighted by Crippen LogP contribution is 2.34. The van der Waals surface area contributed by atoms with Crippen molar-refractivity contribution in [1.29, 1.82) is 0 Å². The van der Waals surface area contributed by atoms with Crippen molar-refractivity contribution >= 4 is 16.9 Å². The van der Waals surface area contributed by atoms with Gasteiger partial charge in [0, 0.05) is 11.6 Å². The molecule has 3 rings (SSSR count). The van der Waals surface area contributed by atoms with Crippen LogP contribution in [0.25, 0.3) is 22.3 Å². The molecule has 0 amide bonds. The van der Waals surface area contributed by atoms with Crippen molar-refractivity contribution < 1.29 is 29.3 Å². The van der Waals surface area contributed by atoms with Crippen molar-refractivity contribution in [3.8, 4) is 28.6 Å². The van der Waals surface area contributed by atoms with Crippen LogP contribution in [0.15, 0.2) is 45.6 Å². The molecule has 0 spiro atoms. The van der Waals surface area contributed by atoms with Gasteiger partial charge < -0.3 is 24.5 Å². The van der Waals surface area contributed by atoms with E-state index in [-0.39, 0.29) is 47.0 Å². The van der Waals surface area contributed by atoms with Gasteiger partial charge in [-0.05, 0) is 42.8 Å². The topological polar surface area (TPSA) is 117 Å². The molecule has 134 valence electrons. The van der Waals surface area contributed by atoms with E-state index < -0.39 is 11.4 Å². The third-order valence-electron chi connectivity index (χ3n) is 3.83. The number of benzene rings is 2. The van der Waals surface area contributed by atoms with Crippen LogP contribution in [-0.2, 0) is 16.0 Å². The van der Waals surface area contributed by atoms with Gasteiger partial charge in [0.05, 0.1) is 13.0 Å². The van der Waals surface area contributed by atoms with E-state index in [9.17, 15) is 24.9 Å². The Kier molecular flexibility index (Phi) is 4.53. The quantitative estimate of drug-likeness (QED) is 0.486. The Hall–Kier alpha value is -3.48. The first-order valence-electron chi connectivity index (χ1n) is 7.87. The summed E-state index contributed by atoms with van der Waals surface area (Å²) in [7, 11) is 0. The summed E-state index contributed by atoms with van der Waals surface area (Å²) in [6.07, 6.45) is -0.134. The molecule has 0 radical (unpaired) electrons. The Balaban J connectivity index is 2.19. The maximum atomic E-state index is 12.4. The molecule has 2 aromatic carbocycles. The predicted molar refractivity (Wildman–Crippen MR) is 93.3 cm³/mol. The van der Waals surface area contributed by atoms with Crippen LogP contribution in [0.5, 0.6) is 17.2 Å². The van der Waals surface area contributed by atoms with Gasteiger partial charge in [-0.25, -0.2) is 0 Å². The molecule has 1 heterocycles. The largest absolute Gasteiger partial charge is 0.508 e. The standard InChI is InChI=1S/C19H16O7/c1-2-25-17(24)8-10-7-11(20)3-4-12(10)16-9-15(23)18-13(21)5-6-14(22)19(18)26-16/h3-7,9,20-22H,2,8H2,1H3. The van der Waals surface area contributed by atoms with E-state index >= 15 is 0 Å². The molecule has 0 atom stereocenters. The highest BCUT2D eigenvalue weighted by atomic mass is 16.5. The zero-order chi connectivity index (χ0) is 18.8. The highest BCUT2D eigenvalue weighted by Gasteiger charge is 2.17. The summed E-state index contributed by atoms with van der Waals surface area (Å²) in [6.45, 7) is 1.89. The zero-order valence-corrected chi connectivity index (χ0v) is 13.9. The van der Waals surface area contributed by atoms with Crippen molar-refractivity contribution in [3.05, 3.63) is 52.2 Å². The molecule has 0 fully saturated rings. The number of rotatable bonds is 4. The minimum Gasteiger partial charge on any atom is -0.508 e. The van der Waals surface area contributed by atoms with E-state index in [1.54, 1.807) is 6.92 Å². The summed E-state index contributed by atoms with van der Waals surface area (Å²) in [5, 5.41) is 29.4. The van der Waals surface area contributed by atoms with Crippen LogP contribution >= 0.6 is 0 Å². The minimum atomic E-state index is -0.551. The van der Waals surface area contributed by atoms with E-state index in [1.165, 1.54) is 30.3 Å². The van der Waals surface area contributed by atoms with Crippen molar-refractivity contribution in [2.75, 3.05) is 6.61 Å². The van der Waals surface area contributed by atoms with Crippen LogP contribution in [0.2, 0.25) is 0 Å². The van der Waals surface area contributed by atoms with Gasteiger partial charge in [-0.15, -0.1) is 0 Å². The van der Waals surface area contributed by atoms with Crippen molar-refractivity contribution in [1.82, 2.24) is 0 Å². The fourth-order valence-corrected chi connectivity index (χ4v) is 2.70. The van der Waals surface area contributed by atoms with Gasteiger partial charge in [-0.1, -0.05) is 0 Å². The SMILES string of the molecule is CCOC(=O)Cc1cc(O)ccc1-c1cc(=O)c2c(O)ccc(O)c2o1. The summed E-state index contributed by atoms with van der Waals surface area (Å²) >= 11 is 0. The normalized spacial score (nSPS) is 10.8. The summed E-state index contributed by atoms with van der Waals surface area (Å²) in [5.74, 6) is -1.08. The van der Waals surface area contributed by atoms with E-state index in [4.69, 9.17) is 9.15 Å². The Morgan fingerprint density at radius 2 is 1.81 bits per heavy atom. The molecule has 3 N–H and O–H groups in total. The summed E-state index contributed by atoms with van der Waals surface area (Å²) in [4.78, 5) is 24.2. The number of ether oxygens (including phenoxy) is 1. The van der Waals surface area contributed by atoms with E-state index in [0.717, 1.165) is 6.07 Å². The average Bonchev–Trinajstić information content (AvgIpc) is 2.58. The average molecular weight is 356 g/mol. The summed E-state index contributed by atoms with van der Waals surface area (Å²) < 4.78 is 10.5. The lowest BCUT2D eigenvalue weighted by Gasteiger charge is -2.11. The van der Waals surface area contributed by atoms with Crippen LogP contribution in [0.1, 0.15) is 12.5 Å². The monoisotopic (exact) mass is 356 g/mol. The molecule has 7 nitrogen and oxygen atoms in total. The number of aromatic hydroxyl groups is 3. The molecule has 0 aliphatic rings. The molecule has 0 saturated carbocycles. The van der Waals surface area contributed by atoms with E-state index in [1.807, 2.05) is 0 Å². The number of hydrogen-bond acceptors (Lipinski definition) is 7. The molecule has 0 unspecified atom stereocenters. The van der Waals surface area contributed by atoms with Gasteiger partial charge in [-0.2, -0.15) is 0 Å². The molecule has 3 aromatic rings. The molecule has 7 heteroatoms. The minimum absolute atomic E-state index is 0.0586. The number of esters is 1. The van der Waals surface area contributed by atoms with Crippen molar-refractivity contribution in [3.63, 3.8) is 0 Å². The van der Waals surface area contributed by atoms with Crippen molar-refractivity contribution in [2.24, 2.45) is 0 Å². The molecule has 0 bridgehead atoms. The van der Waals surface area contributed by atoms with Crippen LogP contribution in [0.3, 0.4) is 0 Å². The van der Waals surface area contributed by atoms with E-state index in [2.05, 4.69) is 0 Å². The third kappa shape index (κ3) is 3.19. The number of carbonyl (C=O) groups excluding carboxylic acids is 1. The van der Waals surface area contributed by atoms with Crippen LogP contribution in [-0.4, -0.2) is 27.9 Å². The number of phenols is 3. The molecule has 0 aliphatic carbocycles. The molecule has 26 heavy (non-hydrogen) atoms. The summed E-state index contributed by atoms with van der Waals surface area (Å²) in [6, 6.07) is 7.81. The fraction of sp³-hybridized carbons (Fsp3) is 0.158. The van der Waals surface area contributed by atoms with Gasteiger partial charge in [0.15, 0.2) is 16.8 Å². The van der Waals surface area contributed by atoms with Crippen molar-refractivity contribution in [2.45, 2.75) is 13.3 Å². The molecule has 1 aromatic heterocycles. The maximum Gasteiger partial charge on any atom is 0.310 e. The first kappa shape index (κ1) is 17.3. The van der Waals surface area contributed by atoms with Gasteiger partial charge in [0.2, 0.25) is 0 Å². The first-order valence-corrected chi connectivity index (χ1v) is 7.87. The molecule has 0 saturated heterocycles. The Bertz CT molecular complexity index is 1050. The Morgan fingerprint density at radius 1 is 1.08 bits per heavy atom. The first-order chi connectivity index (χ1) is 12.4. The highest BCUT2D eigenvalue weighted by molar-refractivity contribution is 5.89. The zero-order valence-electron chi connectivity index (χ0n) is 13.9. The second-order valence-electron chi connectivity index (χ2n) is 5.61. The van der Waals surface area contributed by atoms with Crippen LogP contribution in [0, 0.1) is 0 Å². The molecular weight excluding hydrogens is 340 g/mol. The van der Waals surface area contributed by atoms with Crippen LogP contribution < -0.4 is 5.43 Å². The smallest absolute Gasteiger partial charge is 0.310 e. The lowest BCUT2D eigenvalue weighted by Crippen LogP contribution is -2.09. The lowest BCUT2D eigenvalue weighted by atomic mass is 10.0. The second-order valence-corrected chi connectivity index (χ2v) is 5.61. The molecular formula is C19H16O7. The molecule has 0 aliphatic heterocycles. The maximum absolute atomic E-state index is 12.4. The van der Waals surface area contributed by atoms with Gasteiger partial charge in [0.1, 0.15) is 22.6 Å². The second kappa shape index (κ2) is 6.79. The van der Waals surface area contributed by atoms with Gasteiger partial charge in [-0.3, -0.25) is 9.59 Å². The third-order valence-corrected chi connectivity index (χ3v) is 3.83. The Labute approximate surface area is 147 Å². The number of phenolic OH excluding ortho intramolecular Hbond substituents is 3. The van der Waals surface area contributed by atoms with E-state index in [0.29, 0.717) is 11.1 Å². The predicted octanol–water partition coefficient (Wildman–Crippen LogP) is 2.68. The van der Waals surface area contributed by atoms with Gasteiger partial charge in [0.25, 0.3) is 0 Å². The number of fused-ring (bicyclic) bond motifs is 1.